The second-order valence-corrected chi connectivity index (χ2v) is 5.65. The molecule has 1 unspecified atom stereocenters. The van der Waals surface area contributed by atoms with Gasteiger partial charge in [0.05, 0.1) is 0 Å². The minimum Gasteiger partial charge on any atom is -0.368 e. The maximum atomic E-state index is 11.7. The molecule has 17 heavy (non-hydrogen) atoms. The first kappa shape index (κ1) is 12.6. The van der Waals surface area contributed by atoms with Crippen LogP contribution in [0.4, 0.5) is 0 Å². The zero-order valence-electron chi connectivity index (χ0n) is 9.87. The van der Waals surface area contributed by atoms with Gasteiger partial charge >= 0.3 is 0 Å². The topological polar surface area (TPSA) is 55.1 Å². The third-order valence-electron chi connectivity index (χ3n) is 3.35. The molecule has 0 bridgehead atoms. The highest BCUT2D eigenvalue weighted by Crippen LogP contribution is 2.32. The third kappa shape index (κ3) is 2.69. The molecule has 2 rings (SSSR count). The lowest BCUT2D eigenvalue weighted by Crippen LogP contribution is -2.51. The molecule has 92 valence electrons. The number of nitrogens with one attached hydrogen (secondary N) is 1. The van der Waals surface area contributed by atoms with Gasteiger partial charge in [-0.15, -0.1) is 0 Å². The Morgan fingerprint density at radius 3 is 2.71 bits per heavy atom. The Morgan fingerprint density at radius 2 is 2.18 bits per heavy atom. The van der Waals surface area contributed by atoms with E-state index in [1.807, 2.05) is 31.2 Å². The highest BCUT2D eigenvalue weighted by molar-refractivity contribution is 9.10. The van der Waals surface area contributed by atoms with Crippen LogP contribution in [-0.2, 0) is 10.3 Å². The van der Waals surface area contributed by atoms with Crippen molar-refractivity contribution in [3.63, 3.8) is 0 Å². The van der Waals surface area contributed by atoms with Crippen molar-refractivity contribution in [2.45, 2.75) is 25.3 Å². The second-order valence-electron chi connectivity index (χ2n) is 4.79. The first-order valence-corrected chi connectivity index (χ1v) is 6.63. The van der Waals surface area contributed by atoms with Crippen LogP contribution in [0.5, 0.6) is 0 Å². The van der Waals surface area contributed by atoms with Gasteiger partial charge in [-0.05, 0) is 43.9 Å². The average molecular weight is 297 g/mol. The fourth-order valence-electron chi connectivity index (χ4n) is 1.85. The molecule has 0 aromatic heterocycles. The molecule has 1 aliphatic rings. The summed E-state index contributed by atoms with van der Waals surface area (Å²) in [6.07, 6.45) is 2.50. The van der Waals surface area contributed by atoms with Crippen molar-refractivity contribution >= 4 is 21.8 Å². The number of carbonyl (C=O) groups excluding carboxylic acids is 1. The number of hydrogen-bond acceptors (Lipinski definition) is 2. The van der Waals surface area contributed by atoms with E-state index in [4.69, 9.17) is 5.73 Å². The number of nitrogens with two attached hydrogens (primary N) is 1. The van der Waals surface area contributed by atoms with Crippen LogP contribution in [-0.4, -0.2) is 12.5 Å². The van der Waals surface area contributed by atoms with Crippen LogP contribution in [0.1, 0.15) is 25.3 Å². The van der Waals surface area contributed by atoms with Gasteiger partial charge in [0.15, 0.2) is 0 Å². The van der Waals surface area contributed by atoms with Crippen LogP contribution in [0.3, 0.4) is 0 Å². The summed E-state index contributed by atoms with van der Waals surface area (Å²) >= 11 is 3.48. The molecule has 3 N–H and O–H groups in total. The van der Waals surface area contributed by atoms with Crippen LogP contribution in [0, 0.1) is 5.92 Å². The van der Waals surface area contributed by atoms with Gasteiger partial charge in [-0.2, -0.15) is 0 Å². The molecule has 1 saturated carbocycles. The molecule has 0 saturated heterocycles. The summed E-state index contributed by atoms with van der Waals surface area (Å²) in [7, 11) is 0. The predicted octanol–water partition coefficient (Wildman–Crippen LogP) is 2.15. The van der Waals surface area contributed by atoms with Crippen molar-refractivity contribution in [3.05, 3.63) is 34.3 Å². The van der Waals surface area contributed by atoms with Crippen LogP contribution >= 0.6 is 15.9 Å². The van der Waals surface area contributed by atoms with Gasteiger partial charge in [0.2, 0.25) is 5.91 Å². The van der Waals surface area contributed by atoms with E-state index in [0.29, 0.717) is 5.92 Å². The van der Waals surface area contributed by atoms with Crippen molar-refractivity contribution in [1.82, 2.24) is 5.32 Å². The lowest BCUT2D eigenvalue weighted by molar-refractivity contribution is -0.124. The van der Waals surface area contributed by atoms with Gasteiger partial charge in [-0.1, -0.05) is 34.1 Å². The lowest BCUT2D eigenvalue weighted by atomic mass is 9.91. The van der Waals surface area contributed by atoms with Crippen molar-refractivity contribution < 1.29 is 4.79 Å². The van der Waals surface area contributed by atoms with Gasteiger partial charge in [0.25, 0.3) is 0 Å². The molecule has 0 aliphatic heterocycles. The summed E-state index contributed by atoms with van der Waals surface area (Å²) in [5, 5.41) is 3.31. The summed E-state index contributed by atoms with van der Waals surface area (Å²) in [6.45, 7) is 2.69. The standard InChI is InChI=1S/C13H17BrN2O/c1-13(12(15)17,16-8-9-6-7-9)10-4-2-3-5-11(10)14/h2-5,9,16H,6-8H2,1H3,(H2,15,17). The first-order chi connectivity index (χ1) is 8.04. The molecule has 1 fully saturated rings. The zero-order valence-corrected chi connectivity index (χ0v) is 11.5. The number of carbonyl (C=O) groups is 1. The number of halogens is 1. The molecule has 1 aromatic carbocycles. The van der Waals surface area contributed by atoms with E-state index < -0.39 is 5.54 Å². The van der Waals surface area contributed by atoms with Gasteiger partial charge in [0, 0.05) is 4.47 Å². The Kier molecular flexibility index (Phi) is 3.54. The average Bonchev–Trinajstić information content (AvgIpc) is 3.10. The number of amides is 1. The molecule has 4 heteroatoms. The van der Waals surface area contributed by atoms with E-state index in [-0.39, 0.29) is 5.91 Å². The fourth-order valence-corrected chi connectivity index (χ4v) is 2.53. The van der Waals surface area contributed by atoms with Crippen molar-refractivity contribution in [2.75, 3.05) is 6.54 Å². The summed E-state index contributed by atoms with van der Waals surface area (Å²) in [5.41, 5.74) is 5.65. The zero-order chi connectivity index (χ0) is 12.5. The summed E-state index contributed by atoms with van der Waals surface area (Å²) in [4.78, 5) is 11.7. The molecule has 0 spiro atoms. The van der Waals surface area contributed by atoms with Gasteiger partial charge in [-0.25, -0.2) is 0 Å². The Bertz CT molecular complexity index is 431. The highest BCUT2D eigenvalue weighted by atomic mass is 79.9. The Morgan fingerprint density at radius 1 is 1.53 bits per heavy atom. The molecular weight excluding hydrogens is 280 g/mol. The van der Waals surface area contributed by atoms with Crippen molar-refractivity contribution in [1.29, 1.82) is 0 Å². The minimum atomic E-state index is -0.803. The van der Waals surface area contributed by atoms with Gasteiger partial charge in [0.1, 0.15) is 5.54 Å². The molecule has 1 aliphatic carbocycles. The summed E-state index contributed by atoms with van der Waals surface area (Å²) in [5.74, 6) is 0.362. The minimum absolute atomic E-state index is 0.343. The Labute approximate surface area is 110 Å². The van der Waals surface area contributed by atoms with E-state index >= 15 is 0 Å². The van der Waals surface area contributed by atoms with Crippen LogP contribution in [0.25, 0.3) is 0 Å². The van der Waals surface area contributed by atoms with E-state index in [0.717, 1.165) is 16.6 Å². The van der Waals surface area contributed by atoms with Gasteiger partial charge in [-0.3, -0.25) is 10.1 Å². The molecular formula is C13H17BrN2O. The number of benzene rings is 1. The Balaban J connectivity index is 2.25. The monoisotopic (exact) mass is 296 g/mol. The molecule has 0 radical (unpaired) electrons. The van der Waals surface area contributed by atoms with Crippen molar-refractivity contribution in [3.8, 4) is 0 Å². The van der Waals surface area contributed by atoms with E-state index in [1.165, 1.54) is 12.8 Å². The normalized spacial score (nSPS) is 18.7. The number of rotatable bonds is 5. The molecule has 1 amide bonds. The smallest absolute Gasteiger partial charge is 0.242 e. The largest absolute Gasteiger partial charge is 0.368 e. The maximum Gasteiger partial charge on any atom is 0.242 e. The molecule has 3 nitrogen and oxygen atoms in total. The maximum absolute atomic E-state index is 11.7. The molecule has 1 aromatic rings. The third-order valence-corrected chi connectivity index (χ3v) is 4.04. The molecule has 1 atom stereocenters. The molecule has 0 heterocycles. The van der Waals surface area contributed by atoms with E-state index in [2.05, 4.69) is 21.2 Å². The second kappa shape index (κ2) is 4.78. The quantitative estimate of drug-likeness (QED) is 0.875. The van der Waals surface area contributed by atoms with Crippen LogP contribution in [0.15, 0.2) is 28.7 Å². The first-order valence-electron chi connectivity index (χ1n) is 5.84. The highest BCUT2D eigenvalue weighted by Gasteiger charge is 2.36. The van der Waals surface area contributed by atoms with Crippen LogP contribution in [0.2, 0.25) is 0 Å². The van der Waals surface area contributed by atoms with E-state index in [1.54, 1.807) is 0 Å². The summed E-state index contributed by atoms with van der Waals surface area (Å²) < 4.78 is 0.907. The summed E-state index contributed by atoms with van der Waals surface area (Å²) in [6, 6.07) is 7.69. The van der Waals surface area contributed by atoms with Gasteiger partial charge < -0.3 is 5.73 Å². The predicted molar refractivity (Wildman–Crippen MR) is 71.4 cm³/mol. The van der Waals surface area contributed by atoms with E-state index in [9.17, 15) is 4.79 Å². The van der Waals surface area contributed by atoms with Crippen LogP contribution < -0.4 is 11.1 Å². The number of primary amides is 1. The lowest BCUT2D eigenvalue weighted by Gasteiger charge is -2.29. The SMILES string of the molecule is CC(NCC1CC1)(C(N)=O)c1ccccc1Br. The number of hydrogen-bond donors (Lipinski definition) is 2. The fraction of sp³-hybridized carbons (Fsp3) is 0.462. The Hall–Kier alpha value is -0.870. The van der Waals surface area contributed by atoms with Crippen molar-refractivity contribution in [2.24, 2.45) is 11.7 Å².